The largest absolute Gasteiger partial charge is 0.490 e. The third-order valence-corrected chi connectivity index (χ3v) is 2.26. The average molecular weight is 266 g/mol. The number of aromatic nitrogens is 1. The van der Waals surface area contributed by atoms with Gasteiger partial charge < -0.3 is 15.2 Å². The van der Waals surface area contributed by atoms with Crippen molar-refractivity contribution in [2.45, 2.75) is 0 Å². The summed E-state index contributed by atoms with van der Waals surface area (Å²) in [6.07, 6.45) is 0. The third-order valence-electron chi connectivity index (χ3n) is 2.26. The second kappa shape index (κ2) is 5.99. The Kier molecular flexibility index (Phi) is 4.12. The van der Waals surface area contributed by atoms with E-state index in [9.17, 15) is 8.78 Å². The van der Waals surface area contributed by atoms with Gasteiger partial charge in [0.15, 0.2) is 17.5 Å². The van der Waals surface area contributed by atoms with E-state index in [1.54, 1.807) is 12.1 Å². The normalized spacial score (nSPS) is 10.2. The molecule has 0 aliphatic heterocycles. The van der Waals surface area contributed by atoms with Crippen LogP contribution < -0.4 is 15.2 Å². The number of hydrogen-bond donors (Lipinski definition) is 1. The number of rotatable bonds is 5. The van der Waals surface area contributed by atoms with Gasteiger partial charge in [-0.3, -0.25) is 0 Å². The monoisotopic (exact) mass is 266 g/mol. The Hall–Kier alpha value is -2.37. The molecule has 1 aromatic carbocycles. The number of anilines is 1. The first kappa shape index (κ1) is 13.1. The Morgan fingerprint density at radius 1 is 1.00 bits per heavy atom. The molecule has 19 heavy (non-hydrogen) atoms. The molecule has 0 saturated carbocycles. The number of ether oxygens (including phenoxy) is 2. The van der Waals surface area contributed by atoms with Gasteiger partial charge in [-0.1, -0.05) is 18.2 Å². The molecule has 0 unspecified atom stereocenters. The fraction of sp³-hybridized carbons (Fsp3) is 0.154. The quantitative estimate of drug-likeness (QED) is 0.844. The number of halogens is 2. The zero-order valence-corrected chi connectivity index (χ0v) is 9.98. The van der Waals surface area contributed by atoms with Crippen LogP contribution in [0.25, 0.3) is 0 Å². The van der Waals surface area contributed by atoms with Crippen molar-refractivity contribution in [3.63, 3.8) is 0 Å². The van der Waals surface area contributed by atoms with E-state index in [2.05, 4.69) is 4.98 Å². The highest BCUT2D eigenvalue weighted by molar-refractivity contribution is 5.34. The lowest BCUT2D eigenvalue weighted by molar-refractivity contribution is 0.205. The van der Waals surface area contributed by atoms with Crippen molar-refractivity contribution in [3.8, 4) is 11.6 Å². The van der Waals surface area contributed by atoms with Gasteiger partial charge >= 0.3 is 0 Å². The van der Waals surface area contributed by atoms with Gasteiger partial charge in [-0.05, 0) is 12.1 Å². The van der Waals surface area contributed by atoms with Crippen molar-refractivity contribution in [3.05, 3.63) is 48.0 Å². The lowest BCUT2D eigenvalue weighted by atomic mass is 10.3. The molecule has 0 radical (unpaired) electrons. The Bertz CT molecular complexity index is 550. The van der Waals surface area contributed by atoms with E-state index in [1.807, 2.05) is 18.2 Å². The van der Waals surface area contributed by atoms with E-state index in [4.69, 9.17) is 15.2 Å². The van der Waals surface area contributed by atoms with Crippen LogP contribution in [-0.4, -0.2) is 18.2 Å². The van der Waals surface area contributed by atoms with Gasteiger partial charge in [-0.25, -0.2) is 8.78 Å². The summed E-state index contributed by atoms with van der Waals surface area (Å²) in [5, 5.41) is 0. The van der Waals surface area contributed by atoms with Crippen LogP contribution in [0, 0.1) is 11.6 Å². The number of hydrogen-bond acceptors (Lipinski definition) is 4. The highest BCUT2D eigenvalue weighted by atomic mass is 19.1. The minimum atomic E-state index is -0.912. The number of benzene rings is 1. The molecule has 0 saturated heterocycles. The first-order valence-corrected chi connectivity index (χ1v) is 5.59. The van der Waals surface area contributed by atoms with Crippen molar-refractivity contribution >= 4 is 5.82 Å². The van der Waals surface area contributed by atoms with Crippen LogP contribution in [0.1, 0.15) is 0 Å². The Balaban J connectivity index is 1.85. The molecule has 100 valence electrons. The first-order chi connectivity index (χ1) is 9.16. The van der Waals surface area contributed by atoms with Crippen molar-refractivity contribution in [2.75, 3.05) is 18.9 Å². The number of nitrogens with two attached hydrogens (primary N) is 1. The molecule has 1 heterocycles. The number of pyridine rings is 1. The molecule has 0 fully saturated rings. The second-order valence-electron chi connectivity index (χ2n) is 3.65. The van der Waals surface area contributed by atoms with Gasteiger partial charge in [0.25, 0.3) is 5.88 Å². The van der Waals surface area contributed by atoms with Crippen LogP contribution in [0.4, 0.5) is 14.6 Å². The maximum absolute atomic E-state index is 13.3. The predicted molar refractivity (Wildman–Crippen MR) is 66.0 cm³/mol. The number of para-hydroxylation sites is 1. The highest BCUT2D eigenvalue weighted by Crippen LogP contribution is 2.18. The molecule has 0 amide bonds. The van der Waals surface area contributed by atoms with Gasteiger partial charge in [0.05, 0.1) is 0 Å². The Morgan fingerprint density at radius 3 is 2.42 bits per heavy atom. The van der Waals surface area contributed by atoms with E-state index in [0.717, 1.165) is 0 Å². The third kappa shape index (κ3) is 3.54. The second-order valence-corrected chi connectivity index (χ2v) is 3.65. The molecular weight excluding hydrogens is 254 g/mol. The summed E-state index contributed by atoms with van der Waals surface area (Å²) in [6.45, 7) is 0.284. The molecule has 2 rings (SSSR count). The van der Waals surface area contributed by atoms with Crippen LogP contribution >= 0.6 is 0 Å². The fourth-order valence-electron chi connectivity index (χ4n) is 1.38. The minimum absolute atomic E-state index is 0.0733. The predicted octanol–water partition coefficient (Wildman–Crippen LogP) is 2.40. The summed E-state index contributed by atoms with van der Waals surface area (Å²) in [6, 6.07) is 9.74. The summed E-state index contributed by atoms with van der Waals surface area (Å²) < 4.78 is 36.5. The summed E-state index contributed by atoms with van der Waals surface area (Å²) >= 11 is 0. The van der Waals surface area contributed by atoms with Crippen LogP contribution in [0.3, 0.4) is 0 Å². The summed E-state index contributed by atoms with van der Waals surface area (Å²) in [7, 11) is 0. The molecule has 4 nitrogen and oxygen atoms in total. The molecule has 0 aliphatic rings. The van der Waals surface area contributed by atoms with E-state index >= 15 is 0 Å². The maximum Gasteiger partial charge on any atom is 0.252 e. The summed E-state index contributed by atoms with van der Waals surface area (Å²) in [4.78, 5) is 3.47. The van der Waals surface area contributed by atoms with E-state index < -0.39 is 17.5 Å². The molecular formula is C13H12F2N2O2. The van der Waals surface area contributed by atoms with Crippen molar-refractivity contribution in [2.24, 2.45) is 0 Å². The van der Waals surface area contributed by atoms with Crippen LogP contribution in [0.15, 0.2) is 36.4 Å². The van der Waals surface area contributed by atoms with Gasteiger partial charge in [0.2, 0.25) is 0 Å². The zero-order valence-electron chi connectivity index (χ0n) is 9.98. The molecule has 0 atom stereocenters. The lowest BCUT2D eigenvalue weighted by Crippen LogP contribution is -2.11. The molecule has 2 N–H and O–H groups in total. The topological polar surface area (TPSA) is 57.4 Å². The van der Waals surface area contributed by atoms with E-state index in [-0.39, 0.29) is 19.1 Å². The van der Waals surface area contributed by atoms with Crippen molar-refractivity contribution in [1.82, 2.24) is 4.98 Å². The molecule has 2 aromatic rings. The molecule has 0 aliphatic carbocycles. The van der Waals surface area contributed by atoms with Crippen molar-refractivity contribution < 1.29 is 18.3 Å². The SMILES string of the molecule is Nc1nc(OCCOc2ccccc2)c(F)cc1F. The van der Waals surface area contributed by atoms with Crippen LogP contribution in [0.2, 0.25) is 0 Å². The van der Waals surface area contributed by atoms with Crippen LogP contribution in [-0.2, 0) is 0 Å². The maximum atomic E-state index is 13.3. The fourth-order valence-corrected chi connectivity index (χ4v) is 1.38. The van der Waals surface area contributed by atoms with E-state index in [1.165, 1.54) is 0 Å². The summed E-state index contributed by atoms with van der Waals surface area (Å²) in [5.74, 6) is -1.87. The Morgan fingerprint density at radius 2 is 1.68 bits per heavy atom. The Labute approximate surface area is 108 Å². The van der Waals surface area contributed by atoms with Gasteiger partial charge in [0.1, 0.15) is 19.0 Å². The highest BCUT2D eigenvalue weighted by Gasteiger charge is 2.10. The summed E-state index contributed by atoms with van der Waals surface area (Å²) in [5.41, 5.74) is 5.22. The van der Waals surface area contributed by atoms with E-state index in [0.29, 0.717) is 11.8 Å². The standard InChI is InChI=1S/C13H12F2N2O2/c14-10-8-11(15)13(17-12(10)16)19-7-6-18-9-4-2-1-3-5-9/h1-5,8H,6-7H2,(H2,16,17). The number of nitrogens with zero attached hydrogens (tertiary/aromatic N) is 1. The van der Waals surface area contributed by atoms with Crippen LogP contribution in [0.5, 0.6) is 11.6 Å². The van der Waals surface area contributed by atoms with Gasteiger partial charge in [-0.15, -0.1) is 0 Å². The average Bonchev–Trinajstić information content (AvgIpc) is 2.41. The molecule has 1 aromatic heterocycles. The van der Waals surface area contributed by atoms with Gasteiger partial charge in [0, 0.05) is 6.07 Å². The lowest BCUT2D eigenvalue weighted by Gasteiger charge is -2.08. The number of nitrogen functional groups attached to an aromatic ring is 1. The van der Waals surface area contributed by atoms with Crippen molar-refractivity contribution in [1.29, 1.82) is 0 Å². The molecule has 6 heteroatoms. The zero-order chi connectivity index (χ0) is 13.7. The molecule has 0 bridgehead atoms. The molecule has 0 spiro atoms. The minimum Gasteiger partial charge on any atom is -0.490 e. The first-order valence-electron chi connectivity index (χ1n) is 5.59. The van der Waals surface area contributed by atoms with Gasteiger partial charge in [-0.2, -0.15) is 4.98 Å². The smallest absolute Gasteiger partial charge is 0.252 e.